The van der Waals surface area contributed by atoms with E-state index in [9.17, 15) is 4.79 Å². The largest absolute Gasteiger partial charge is 0.496 e. The fourth-order valence-electron chi connectivity index (χ4n) is 2.22. The van der Waals surface area contributed by atoms with E-state index in [1.807, 2.05) is 49.4 Å². The molecule has 0 unspecified atom stereocenters. The number of ether oxygens (including phenoxy) is 1. The molecular weight excluding hydrogens is 248 g/mol. The van der Waals surface area contributed by atoms with Gasteiger partial charge in [-0.05, 0) is 49.1 Å². The van der Waals surface area contributed by atoms with Gasteiger partial charge in [0, 0.05) is 12.0 Å². The maximum absolute atomic E-state index is 12.2. The van der Waals surface area contributed by atoms with E-state index in [1.165, 1.54) is 5.56 Å². The zero-order valence-electron chi connectivity index (χ0n) is 12.3. The molecule has 0 fully saturated rings. The maximum Gasteiger partial charge on any atom is 0.163 e. The lowest BCUT2D eigenvalue weighted by Gasteiger charge is -2.08. The van der Waals surface area contributed by atoms with Gasteiger partial charge in [0.2, 0.25) is 0 Å². The highest BCUT2D eigenvalue weighted by atomic mass is 16.5. The van der Waals surface area contributed by atoms with E-state index in [0.29, 0.717) is 12.8 Å². The third-order valence-electron chi connectivity index (χ3n) is 3.64. The Bertz CT molecular complexity index is 615. The van der Waals surface area contributed by atoms with Crippen LogP contribution in [0.2, 0.25) is 0 Å². The number of para-hydroxylation sites is 1. The topological polar surface area (TPSA) is 26.3 Å². The summed E-state index contributed by atoms with van der Waals surface area (Å²) in [5, 5.41) is 0. The molecule has 2 nitrogen and oxygen atoms in total. The molecule has 2 aromatic carbocycles. The molecule has 0 aliphatic carbocycles. The molecule has 0 bridgehead atoms. The van der Waals surface area contributed by atoms with Crippen molar-refractivity contribution in [1.82, 2.24) is 0 Å². The number of ketones is 1. The number of carbonyl (C=O) groups is 1. The number of aryl methyl sites for hydroxylation is 3. The second-order valence-electron chi connectivity index (χ2n) is 5.03. The molecule has 0 aliphatic heterocycles. The quantitative estimate of drug-likeness (QED) is 0.762. The lowest BCUT2D eigenvalue weighted by molar-refractivity contribution is 0.0982. The van der Waals surface area contributed by atoms with Gasteiger partial charge in [0.05, 0.1) is 7.11 Å². The second kappa shape index (κ2) is 6.38. The smallest absolute Gasteiger partial charge is 0.163 e. The standard InChI is InChI=1S/C18H20O2/c1-13-8-9-16(12-14(13)2)17(19)11-10-15-6-4-5-7-18(15)20-3/h4-9,12H,10-11H2,1-3H3. The lowest BCUT2D eigenvalue weighted by atomic mass is 9.99. The molecule has 0 atom stereocenters. The molecule has 0 aliphatic rings. The van der Waals surface area contributed by atoms with Gasteiger partial charge in [-0.25, -0.2) is 0 Å². The molecule has 0 radical (unpaired) electrons. The van der Waals surface area contributed by atoms with Gasteiger partial charge >= 0.3 is 0 Å². The zero-order chi connectivity index (χ0) is 14.5. The first-order valence-electron chi connectivity index (χ1n) is 6.84. The maximum atomic E-state index is 12.2. The van der Waals surface area contributed by atoms with Gasteiger partial charge in [0.15, 0.2) is 5.78 Å². The highest BCUT2D eigenvalue weighted by molar-refractivity contribution is 5.96. The molecule has 2 aromatic rings. The van der Waals surface area contributed by atoms with E-state index < -0.39 is 0 Å². The Morgan fingerprint density at radius 3 is 2.50 bits per heavy atom. The predicted molar refractivity (Wildman–Crippen MR) is 81.6 cm³/mol. The summed E-state index contributed by atoms with van der Waals surface area (Å²) >= 11 is 0. The first-order valence-corrected chi connectivity index (χ1v) is 6.84. The fourth-order valence-corrected chi connectivity index (χ4v) is 2.22. The summed E-state index contributed by atoms with van der Waals surface area (Å²) in [6, 6.07) is 13.7. The van der Waals surface area contributed by atoms with Crippen LogP contribution in [-0.4, -0.2) is 12.9 Å². The van der Waals surface area contributed by atoms with Crippen molar-refractivity contribution in [2.45, 2.75) is 26.7 Å². The van der Waals surface area contributed by atoms with Gasteiger partial charge in [0.25, 0.3) is 0 Å². The highest BCUT2D eigenvalue weighted by Crippen LogP contribution is 2.20. The monoisotopic (exact) mass is 268 g/mol. The van der Waals surface area contributed by atoms with Crippen LogP contribution in [0.15, 0.2) is 42.5 Å². The first kappa shape index (κ1) is 14.3. The van der Waals surface area contributed by atoms with Crippen LogP contribution in [0.5, 0.6) is 5.75 Å². The Morgan fingerprint density at radius 1 is 1.05 bits per heavy atom. The average Bonchev–Trinajstić information content (AvgIpc) is 2.47. The van der Waals surface area contributed by atoms with E-state index in [-0.39, 0.29) is 5.78 Å². The summed E-state index contributed by atoms with van der Waals surface area (Å²) in [4.78, 5) is 12.2. The van der Waals surface area contributed by atoms with Crippen molar-refractivity contribution < 1.29 is 9.53 Å². The van der Waals surface area contributed by atoms with Crippen molar-refractivity contribution >= 4 is 5.78 Å². The Kier molecular flexibility index (Phi) is 4.57. The van der Waals surface area contributed by atoms with Crippen LogP contribution in [0.4, 0.5) is 0 Å². The van der Waals surface area contributed by atoms with Crippen molar-refractivity contribution in [2.24, 2.45) is 0 Å². The van der Waals surface area contributed by atoms with Crippen molar-refractivity contribution in [3.05, 3.63) is 64.7 Å². The molecule has 0 heterocycles. The van der Waals surface area contributed by atoms with Gasteiger partial charge < -0.3 is 4.74 Å². The number of rotatable bonds is 5. The van der Waals surface area contributed by atoms with Crippen LogP contribution in [-0.2, 0) is 6.42 Å². The van der Waals surface area contributed by atoms with Crippen molar-refractivity contribution in [1.29, 1.82) is 0 Å². The fraction of sp³-hybridized carbons (Fsp3) is 0.278. The van der Waals surface area contributed by atoms with Gasteiger partial charge in [-0.2, -0.15) is 0 Å². The minimum Gasteiger partial charge on any atom is -0.496 e. The Balaban J connectivity index is 2.06. The molecular formula is C18H20O2. The van der Waals surface area contributed by atoms with E-state index in [0.717, 1.165) is 22.4 Å². The van der Waals surface area contributed by atoms with Gasteiger partial charge in [-0.3, -0.25) is 4.79 Å². The summed E-state index contributed by atoms with van der Waals surface area (Å²) in [6.45, 7) is 4.09. The molecule has 0 saturated carbocycles. The van der Waals surface area contributed by atoms with E-state index in [2.05, 4.69) is 6.92 Å². The highest BCUT2D eigenvalue weighted by Gasteiger charge is 2.09. The molecule has 0 amide bonds. The number of hydrogen-bond acceptors (Lipinski definition) is 2. The van der Waals surface area contributed by atoms with E-state index in [1.54, 1.807) is 7.11 Å². The van der Waals surface area contributed by atoms with Gasteiger partial charge in [-0.15, -0.1) is 0 Å². The summed E-state index contributed by atoms with van der Waals surface area (Å²) < 4.78 is 5.31. The summed E-state index contributed by atoms with van der Waals surface area (Å²) in [5.41, 5.74) is 4.25. The number of Topliss-reactive ketones (excluding diaryl/α,β-unsaturated/α-hetero) is 1. The zero-order valence-corrected chi connectivity index (χ0v) is 12.3. The van der Waals surface area contributed by atoms with E-state index in [4.69, 9.17) is 4.74 Å². The minimum atomic E-state index is 0.180. The van der Waals surface area contributed by atoms with Gasteiger partial charge in [-0.1, -0.05) is 30.3 Å². The lowest BCUT2D eigenvalue weighted by Crippen LogP contribution is -2.03. The van der Waals surface area contributed by atoms with Crippen molar-refractivity contribution in [3.8, 4) is 5.75 Å². The van der Waals surface area contributed by atoms with Crippen molar-refractivity contribution in [2.75, 3.05) is 7.11 Å². The number of methoxy groups -OCH3 is 1. The van der Waals surface area contributed by atoms with Gasteiger partial charge in [0.1, 0.15) is 5.75 Å². The number of hydrogen-bond donors (Lipinski definition) is 0. The normalized spacial score (nSPS) is 10.3. The average molecular weight is 268 g/mol. The first-order chi connectivity index (χ1) is 9.61. The Morgan fingerprint density at radius 2 is 1.80 bits per heavy atom. The molecule has 0 saturated heterocycles. The van der Waals surface area contributed by atoms with Crippen LogP contribution in [0.3, 0.4) is 0 Å². The molecule has 0 N–H and O–H groups in total. The summed E-state index contributed by atoms with van der Waals surface area (Å²) in [5.74, 6) is 1.03. The molecule has 2 heteroatoms. The third kappa shape index (κ3) is 3.27. The summed E-state index contributed by atoms with van der Waals surface area (Å²) in [6.07, 6.45) is 1.21. The third-order valence-corrected chi connectivity index (χ3v) is 3.64. The van der Waals surface area contributed by atoms with E-state index >= 15 is 0 Å². The molecule has 2 rings (SSSR count). The second-order valence-corrected chi connectivity index (χ2v) is 5.03. The van der Waals surface area contributed by atoms with Crippen LogP contribution in [0.25, 0.3) is 0 Å². The number of carbonyl (C=O) groups excluding carboxylic acids is 1. The SMILES string of the molecule is COc1ccccc1CCC(=O)c1ccc(C)c(C)c1. The Hall–Kier alpha value is -2.09. The predicted octanol–water partition coefficient (Wildman–Crippen LogP) is 4.13. The Labute approximate surface area is 120 Å². The molecule has 0 aromatic heterocycles. The molecule has 104 valence electrons. The molecule has 20 heavy (non-hydrogen) atoms. The van der Waals surface area contributed by atoms with Crippen LogP contribution < -0.4 is 4.74 Å². The van der Waals surface area contributed by atoms with Crippen molar-refractivity contribution in [3.63, 3.8) is 0 Å². The van der Waals surface area contributed by atoms with Crippen LogP contribution >= 0.6 is 0 Å². The van der Waals surface area contributed by atoms with Crippen LogP contribution in [0, 0.1) is 13.8 Å². The minimum absolute atomic E-state index is 0.180. The number of benzene rings is 2. The summed E-state index contributed by atoms with van der Waals surface area (Å²) in [7, 11) is 1.66. The molecule has 0 spiro atoms. The van der Waals surface area contributed by atoms with Crippen LogP contribution in [0.1, 0.15) is 33.5 Å².